The van der Waals surface area contributed by atoms with Gasteiger partial charge in [-0.05, 0) is 44.9 Å². The third kappa shape index (κ3) is 2.92. The van der Waals surface area contributed by atoms with Crippen molar-refractivity contribution in [1.29, 1.82) is 0 Å². The van der Waals surface area contributed by atoms with Gasteiger partial charge in [-0.15, -0.1) is 0 Å². The van der Waals surface area contributed by atoms with Gasteiger partial charge in [-0.1, -0.05) is 30.5 Å². The SMILES string of the molecule is Cc1ccc(S(=O)(=O)N2C=CC(C)OC3CCCCC32)cc1. The summed E-state index contributed by atoms with van der Waals surface area (Å²) >= 11 is 0. The molecule has 1 heterocycles. The minimum atomic E-state index is -3.53. The van der Waals surface area contributed by atoms with Gasteiger partial charge in [-0.25, -0.2) is 8.42 Å². The summed E-state index contributed by atoms with van der Waals surface area (Å²) in [4.78, 5) is 0.349. The number of sulfonamides is 1. The fourth-order valence-corrected chi connectivity index (χ4v) is 4.81. The highest BCUT2D eigenvalue weighted by molar-refractivity contribution is 7.89. The fourth-order valence-electron chi connectivity index (χ4n) is 3.26. The zero-order valence-electron chi connectivity index (χ0n) is 13.1. The normalized spacial score (nSPS) is 29.0. The number of fused-ring (bicyclic) bond motifs is 1. The molecule has 0 spiro atoms. The number of hydrogen-bond acceptors (Lipinski definition) is 3. The third-order valence-corrected chi connectivity index (χ3v) is 6.30. The molecule has 1 aromatic carbocycles. The highest BCUT2D eigenvalue weighted by Gasteiger charge is 2.38. The molecule has 22 heavy (non-hydrogen) atoms. The topological polar surface area (TPSA) is 46.6 Å². The molecule has 1 aliphatic carbocycles. The molecule has 0 aromatic heterocycles. The summed E-state index contributed by atoms with van der Waals surface area (Å²) in [6, 6.07) is 6.95. The largest absolute Gasteiger partial charge is 0.369 e. The molecule has 120 valence electrons. The summed E-state index contributed by atoms with van der Waals surface area (Å²) in [5, 5.41) is 0. The van der Waals surface area contributed by atoms with Crippen LogP contribution in [0.25, 0.3) is 0 Å². The molecule has 5 heteroatoms. The van der Waals surface area contributed by atoms with E-state index in [2.05, 4.69) is 0 Å². The number of benzene rings is 1. The summed E-state index contributed by atoms with van der Waals surface area (Å²) in [6.07, 6.45) is 7.41. The van der Waals surface area contributed by atoms with Crippen molar-refractivity contribution in [3.05, 3.63) is 42.1 Å². The van der Waals surface area contributed by atoms with Crippen molar-refractivity contribution >= 4 is 10.0 Å². The third-order valence-electron chi connectivity index (χ3n) is 4.48. The molecule has 0 bridgehead atoms. The lowest BCUT2D eigenvalue weighted by molar-refractivity contribution is -0.0228. The number of nitrogens with zero attached hydrogens (tertiary/aromatic N) is 1. The Hall–Kier alpha value is -1.33. The Kier molecular flexibility index (Phi) is 4.28. The van der Waals surface area contributed by atoms with Gasteiger partial charge in [0.15, 0.2) is 0 Å². The van der Waals surface area contributed by atoms with E-state index in [4.69, 9.17) is 4.74 Å². The standard InChI is InChI=1S/C17H23NO3S/c1-13-7-9-15(10-8-13)22(19,20)18-12-11-14(2)21-17-6-4-3-5-16(17)18/h7-12,14,16-17H,3-6H2,1-2H3. The summed E-state index contributed by atoms with van der Waals surface area (Å²) in [5.74, 6) is 0. The van der Waals surface area contributed by atoms with Gasteiger partial charge in [0.2, 0.25) is 0 Å². The van der Waals surface area contributed by atoms with Crippen molar-refractivity contribution in [3.63, 3.8) is 0 Å². The molecule has 3 atom stereocenters. The lowest BCUT2D eigenvalue weighted by Gasteiger charge is -2.37. The minimum absolute atomic E-state index is 0.0148. The van der Waals surface area contributed by atoms with Crippen molar-refractivity contribution in [2.45, 2.75) is 62.7 Å². The van der Waals surface area contributed by atoms with Crippen molar-refractivity contribution in [3.8, 4) is 0 Å². The maximum atomic E-state index is 13.0. The van der Waals surface area contributed by atoms with E-state index in [0.717, 1.165) is 31.2 Å². The summed E-state index contributed by atoms with van der Waals surface area (Å²) < 4.78 is 33.6. The molecule has 0 amide bonds. The maximum absolute atomic E-state index is 13.0. The molecule has 0 radical (unpaired) electrons. The first-order chi connectivity index (χ1) is 10.5. The van der Waals surface area contributed by atoms with Gasteiger partial charge in [-0.3, -0.25) is 4.31 Å². The Morgan fingerprint density at radius 1 is 1.14 bits per heavy atom. The molecule has 1 saturated carbocycles. The average Bonchev–Trinajstić information content (AvgIpc) is 2.66. The van der Waals surface area contributed by atoms with Gasteiger partial charge in [0, 0.05) is 6.20 Å². The lowest BCUT2D eigenvalue weighted by atomic mass is 9.92. The second kappa shape index (κ2) is 6.05. The Morgan fingerprint density at radius 3 is 2.55 bits per heavy atom. The number of hydrogen-bond donors (Lipinski definition) is 0. The lowest BCUT2D eigenvalue weighted by Crippen LogP contribution is -2.46. The molecule has 3 rings (SSSR count). The predicted octanol–water partition coefficient (Wildman–Crippen LogP) is 3.23. The van der Waals surface area contributed by atoms with Crippen LogP contribution in [0.1, 0.15) is 38.2 Å². The molecular formula is C17H23NO3S. The van der Waals surface area contributed by atoms with E-state index in [1.54, 1.807) is 18.3 Å². The highest BCUT2D eigenvalue weighted by Crippen LogP contribution is 2.32. The number of aryl methyl sites for hydroxylation is 1. The number of ether oxygens (including phenoxy) is 1. The van der Waals surface area contributed by atoms with Gasteiger partial charge in [0.25, 0.3) is 10.0 Å². The van der Waals surface area contributed by atoms with Gasteiger partial charge in [0.05, 0.1) is 23.1 Å². The highest BCUT2D eigenvalue weighted by atomic mass is 32.2. The van der Waals surface area contributed by atoms with Gasteiger partial charge in [0.1, 0.15) is 0 Å². The van der Waals surface area contributed by atoms with E-state index < -0.39 is 10.0 Å². The maximum Gasteiger partial charge on any atom is 0.264 e. The van der Waals surface area contributed by atoms with Crippen LogP contribution >= 0.6 is 0 Å². The summed E-state index contributed by atoms with van der Waals surface area (Å²) in [6.45, 7) is 3.92. The second-order valence-corrected chi connectivity index (χ2v) is 8.06. The molecular weight excluding hydrogens is 298 g/mol. The Morgan fingerprint density at radius 2 is 1.82 bits per heavy atom. The molecule has 2 aliphatic rings. The van der Waals surface area contributed by atoms with Crippen LogP contribution in [0.4, 0.5) is 0 Å². The van der Waals surface area contributed by atoms with Crippen LogP contribution in [-0.4, -0.2) is 31.0 Å². The van der Waals surface area contributed by atoms with Crippen molar-refractivity contribution < 1.29 is 13.2 Å². The minimum Gasteiger partial charge on any atom is -0.369 e. The van der Waals surface area contributed by atoms with E-state index in [9.17, 15) is 8.42 Å². The van der Waals surface area contributed by atoms with Crippen LogP contribution in [0.15, 0.2) is 41.4 Å². The average molecular weight is 321 g/mol. The summed E-state index contributed by atoms with van der Waals surface area (Å²) in [5.41, 5.74) is 1.05. The van der Waals surface area contributed by atoms with Crippen LogP contribution in [0, 0.1) is 6.92 Å². The van der Waals surface area contributed by atoms with E-state index in [1.165, 1.54) is 4.31 Å². The van der Waals surface area contributed by atoms with Crippen LogP contribution in [0.3, 0.4) is 0 Å². The molecule has 4 nitrogen and oxygen atoms in total. The Balaban J connectivity index is 1.99. The van der Waals surface area contributed by atoms with Crippen molar-refractivity contribution in [1.82, 2.24) is 4.31 Å². The first-order valence-electron chi connectivity index (χ1n) is 7.92. The molecule has 0 saturated heterocycles. The van der Waals surface area contributed by atoms with Gasteiger partial charge < -0.3 is 4.74 Å². The molecule has 3 unspecified atom stereocenters. The van der Waals surface area contributed by atoms with Gasteiger partial charge in [-0.2, -0.15) is 0 Å². The second-order valence-electron chi connectivity index (χ2n) is 6.22. The van der Waals surface area contributed by atoms with Crippen LogP contribution in [-0.2, 0) is 14.8 Å². The zero-order valence-corrected chi connectivity index (χ0v) is 13.9. The first-order valence-corrected chi connectivity index (χ1v) is 9.36. The van der Waals surface area contributed by atoms with Crippen LogP contribution < -0.4 is 0 Å². The van der Waals surface area contributed by atoms with Crippen LogP contribution in [0.2, 0.25) is 0 Å². The monoisotopic (exact) mass is 321 g/mol. The van der Waals surface area contributed by atoms with E-state index in [-0.39, 0.29) is 18.2 Å². The Bertz CT molecular complexity index is 651. The quantitative estimate of drug-likeness (QED) is 0.840. The first kappa shape index (κ1) is 15.6. The predicted molar refractivity (Wildman–Crippen MR) is 85.9 cm³/mol. The smallest absolute Gasteiger partial charge is 0.264 e. The fraction of sp³-hybridized carbons (Fsp3) is 0.529. The molecule has 0 N–H and O–H groups in total. The van der Waals surface area contributed by atoms with E-state index in [0.29, 0.717) is 4.90 Å². The summed E-state index contributed by atoms with van der Waals surface area (Å²) in [7, 11) is -3.53. The molecule has 1 aromatic rings. The van der Waals surface area contributed by atoms with E-state index in [1.807, 2.05) is 32.1 Å². The number of rotatable bonds is 2. The Labute approximate surface area is 132 Å². The van der Waals surface area contributed by atoms with Crippen LogP contribution in [0.5, 0.6) is 0 Å². The molecule has 1 aliphatic heterocycles. The van der Waals surface area contributed by atoms with Crippen molar-refractivity contribution in [2.24, 2.45) is 0 Å². The van der Waals surface area contributed by atoms with Crippen molar-refractivity contribution in [2.75, 3.05) is 0 Å². The van der Waals surface area contributed by atoms with Gasteiger partial charge >= 0.3 is 0 Å². The van der Waals surface area contributed by atoms with E-state index >= 15 is 0 Å². The zero-order chi connectivity index (χ0) is 15.7. The molecule has 1 fully saturated rings.